The molecule has 2 N–H and O–H groups in total. The Morgan fingerprint density at radius 2 is 1.90 bits per heavy atom. The second-order valence-electron chi connectivity index (χ2n) is 7.22. The van der Waals surface area contributed by atoms with Crippen molar-refractivity contribution in [3.05, 3.63) is 54.5 Å². The van der Waals surface area contributed by atoms with E-state index in [0.717, 1.165) is 10.6 Å². The zero-order valence-electron chi connectivity index (χ0n) is 16.7. The molecule has 3 rings (SSSR count). The van der Waals surface area contributed by atoms with Crippen LogP contribution in [0.15, 0.2) is 52.4 Å². The van der Waals surface area contributed by atoms with Gasteiger partial charge in [-0.05, 0) is 29.4 Å². The van der Waals surface area contributed by atoms with E-state index in [9.17, 15) is 4.79 Å². The van der Waals surface area contributed by atoms with Crippen LogP contribution in [0.25, 0.3) is 0 Å². The molecule has 3 aromatic rings. The summed E-state index contributed by atoms with van der Waals surface area (Å²) in [6, 6.07) is 7.44. The molecular weight excluding hydrogens is 390 g/mol. The lowest BCUT2D eigenvalue weighted by Gasteiger charge is -2.19. The number of carbonyl (C=O) groups is 1. The number of nitrogens with one attached hydrogen (secondary N) is 2. The van der Waals surface area contributed by atoms with Crippen LogP contribution >= 0.6 is 11.8 Å². The van der Waals surface area contributed by atoms with E-state index >= 15 is 0 Å². The van der Waals surface area contributed by atoms with Gasteiger partial charge < -0.3 is 14.5 Å². The van der Waals surface area contributed by atoms with Crippen LogP contribution in [0.4, 0.5) is 16.4 Å². The number of carbonyl (C=O) groups excluding carboxylic acids is 1. The van der Waals surface area contributed by atoms with Crippen molar-refractivity contribution in [2.24, 2.45) is 0 Å². The van der Waals surface area contributed by atoms with E-state index in [2.05, 4.69) is 46.4 Å². The molecule has 0 saturated carbocycles. The van der Waals surface area contributed by atoms with Crippen molar-refractivity contribution >= 4 is 29.4 Å². The third kappa shape index (κ3) is 5.71. The molecule has 152 valence electrons. The fraction of sp³-hybridized carbons (Fsp3) is 0.300. The summed E-state index contributed by atoms with van der Waals surface area (Å²) >= 11 is 1.47. The lowest BCUT2D eigenvalue weighted by molar-refractivity contribution is 0.262. The van der Waals surface area contributed by atoms with Crippen molar-refractivity contribution in [1.29, 1.82) is 0 Å². The van der Waals surface area contributed by atoms with Gasteiger partial charge in [-0.2, -0.15) is 4.98 Å². The molecule has 9 heteroatoms. The van der Waals surface area contributed by atoms with Gasteiger partial charge in [0.05, 0.1) is 10.6 Å². The van der Waals surface area contributed by atoms with Crippen molar-refractivity contribution < 1.29 is 13.9 Å². The minimum absolute atomic E-state index is 0.0843. The average molecular weight is 414 g/mol. The highest BCUT2D eigenvalue weighted by molar-refractivity contribution is 7.98. The molecule has 0 atom stereocenters. The summed E-state index contributed by atoms with van der Waals surface area (Å²) in [5, 5.41) is 5.26. The first kappa shape index (κ1) is 20.7. The molecule has 0 aliphatic carbocycles. The largest absolute Gasteiger partial charge is 0.486 e. The van der Waals surface area contributed by atoms with Crippen LogP contribution in [0.5, 0.6) is 5.75 Å². The van der Waals surface area contributed by atoms with E-state index in [-0.39, 0.29) is 18.0 Å². The Bertz CT molecular complexity index is 967. The van der Waals surface area contributed by atoms with Crippen LogP contribution in [0, 0.1) is 0 Å². The van der Waals surface area contributed by atoms with Crippen LogP contribution in [-0.4, -0.2) is 27.2 Å². The van der Waals surface area contributed by atoms with Gasteiger partial charge in [0.15, 0.2) is 5.82 Å². The van der Waals surface area contributed by atoms with Gasteiger partial charge in [0, 0.05) is 0 Å². The quantitative estimate of drug-likeness (QED) is 0.564. The molecule has 8 nitrogen and oxygen atoms in total. The number of thioether (sulfide) groups is 1. The van der Waals surface area contributed by atoms with E-state index in [1.165, 1.54) is 29.9 Å². The molecular formula is C20H23N5O3S. The maximum atomic E-state index is 12.1. The highest BCUT2D eigenvalue weighted by Gasteiger charge is 2.13. The van der Waals surface area contributed by atoms with Gasteiger partial charge in [-0.3, -0.25) is 5.32 Å². The summed E-state index contributed by atoms with van der Waals surface area (Å²) in [5.74, 6) is 1.26. The van der Waals surface area contributed by atoms with Gasteiger partial charge in [-0.15, -0.1) is 11.8 Å². The Balaban J connectivity index is 1.57. The molecule has 2 aromatic heterocycles. The molecule has 2 heterocycles. The van der Waals surface area contributed by atoms with Crippen LogP contribution in [-0.2, 0) is 12.0 Å². The minimum Gasteiger partial charge on any atom is -0.486 e. The molecule has 0 bridgehead atoms. The Labute approximate surface area is 173 Å². The van der Waals surface area contributed by atoms with Crippen molar-refractivity contribution in [2.45, 2.75) is 37.7 Å². The lowest BCUT2D eigenvalue weighted by Crippen LogP contribution is -2.21. The Morgan fingerprint density at radius 3 is 2.59 bits per heavy atom. The number of anilines is 2. The summed E-state index contributed by atoms with van der Waals surface area (Å²) < 4.78 is 10.8. The number of rotatable bonds is 6. The zero-order chi connectivity index (χ0) is 20.9. The summed E-state index contributed by atoms with van der Waals surface area (Å²) in [7, 11) is 0. The molecule has 0 aliphatic heterocycles. The maximum Gasteiger partial charge on any atom is 0.326 e. The van der Waals surface area contributed by atoms with Crippen LogP contribution in [0.3, 0.4) is 0 Å². The number of benzene rings is 1. The fourth-order valence-corrected chi connectivity index (χ4v) is 2.92. The average Bonchev–Trinajstić information content (AvgIpc) is 3.13. The number of urea groups is 1. The molecule has 29 heavy (non-hydrogen) atoms. The second kappa shape index (κ2) is 8.95. The first-order chi connectivity index (χ1) is 13.8. The number of hydrogen-bond donors (Lipinski definition) is 2. The fourth-order valence-electron chi connectivity index (χ4n) is 2.45. The summed E-state index contributed by atoms with van der Waals surface area (Å²) in [6.45, 7) is 6.64. The number of amides is 2. The standard InChI is InChI=1S/C20H23N5O3S/c1-20(2,3)13-5-7-14(8-6-13)28-11-17-21-12-22-18(24-17)25-19(26)23-15-9-27-10-16(15)29-4/h5-10,12H,11H2,1-4H3,(H2,21,22,23,24,25,26). The van der Waals surface area contributed by atoms with Gasteiger partial charge in [-0.1, -0.05) is 32.9 Å². The Morgan fingerprint density at radius 1 is 1.14 bits per heavy atom. The summed E-state index contributed by atoms with van der Waals surface area (Å²) in [6.07, 6.45) is 6.24. The second-order valence-corrected chi connectivity index (χ2v) is 8.07. The molecule has 0 unspecified atom stereocenters. The number of hydrogen-bond acceptors (Lipinski definition) is 7. The van der Waals surface area contributed by atoms with E-state index in [1.54, 1.807) is 6.26 Å². The molecule has 0 saturated heterocycles. The van der Waals surface area contributed by atoms with E-state index < -0.39 is 6.03 Å². The summed E-state index contributed by atoms with van der Waals surface area (Å²) in [5.41, 5.74) is 1.89. The predicted octanol–water partition coefficient (Wildman–Crippen LogP) is 4.71. The van der Waals surface area contributed by atoms with Gasteiger partial charge in [0.25, 0.3) is 0 Å². The van der Waals surface area contributed by atoms with Crippen molar-refractivity contribution in [3.8, 4) is 5.75 Å². The minimum atomic E-state index is -0.475. The number of aromatic nitrogens is 3. The van der Waals surface area contributed by atoms with Gasteiger partial charge in [-0.25, -0.2) is 14.8 Å². The van der Waals surface area contributed by atoms with Crippen molar-refractivity contribution in [3.63, 3.8) is 0 Å². The monoisotopic (exact) mass is 413 g/mol. The number of ether oxygens (including phenoxy) is 1. The summed E-state index contributed by atoms with van der Waals surface area (Å²) in [4.78, 5) is 25.2. The molecule has 0 aliphatic rings. The smallest absolute Gasteiger partial charge is 0.326 e. The third-order valence-electron chi connectivity index (χ3n) is 4.03. The highest BCUT2D eigenvalue weighted by atomic mass is 32.2. The SMILES string of the molecule is CSc1cocc1NC(=O)Nc1ncnc(COc2ccc(C(C)(C)C)cc2)n1. The highest BCUT2D eigenvalue weighted by Crippen LogP contribution is 2.26. The number of nitrogens with zero attached hydrogens (tertiary/aromatic N) is 3. The van der Waals surface area contributed by atoms with Crippen molar-refractivity contribution in [1.82, 2.24) is 15.0 Å². The van der Waals surface area contributed by atoms with Crippen LogP contribution < -0.4 is 15.4 Å². The topological polar surface area (TPSA) is 102 Å². The maximum absolute atomic E-state index is 12.1. The lowest BCUT2D eigenvalue weighted by atomic mass is 9.87. The van der Waals surface area contributed by atoms with E-state index in [4.69, 9.17) is 9.15 Å². The first-order valence-corrected chi connectivity index (χ1v) is 10.2. The predicted molar refractivity (Wildman–Crippen MR) is 112 cm³/mol. The molecule has 0 fully saturated rings. The first-order valence-electron chi connectivity index (χ1n) is 8.94. The van der Waals surface area contributed by atoms with Crippen molar-refractivity contribution in [2.75, 3.05) is 16.9 Å². The van der Waals surface area contributed by atoms with Gasteiger partial charge in [0.2, 0.25) is 5.95 Å². The Kier molecular flexibility index (Phi) is 6.38. The zero-order valence-corrected chi connectivity index (χ0v) is 17.5. The molecule has 1 aromatic carbocycles. The Hall–Kier alpha value is -3.07. The van der Waals surface area contributed by atoms with E-state index in [1.807, 2.05) is 30.5 Å². The van der Waals surface area contributed by atoms with Crippen LogP contribution in [0.2, 0.25) is 0 Å². The van der Waals surface area contributed by atoms with Gasteiger partial charge in [0.1, 0.15) is 31.2 Å². The van der Waals surface area contributed by atoms with E-state index in [0.29, 0.717) is 11.5 Å². The third-order valence-corrected chi connectivity index (χ3v) is 4.79. The van der Waals surface area contributed by atoms with Gasteiger partial charge >= 0.3 is 6.03 Å². The molecule has 2 amide bonds. The van der Waals surface area contributed by atoms with Crippen LogP contribution in [0.1, 0.15) is 32.2 Å². The normalized spacial score (nSPS) is 11.2. The number of furan rings is 1. The molecule has 0 radical (unpaired) electrons. The molecule has 0 spiro atoms.